The molecule has 0 fully saturated rings. The van der Waals surface area contributed by atoms with E-state index >= 15 is 0 Å². The van der Waals surface area contributed by atoms with Gasteiger partial charge in [-0.15, -0.1) is 0 Å². The highest BCUT2D eigenvalue weighted by molar-refractivity contribution is 7.99. The Morgan fingerprint density at radius 3 is 2.83 bits per heavy atom. The molecule has 0 aromatic heterocycles. The Morgan fingerprint density at radius 1 is 1.22 bits per heavy atom. The van der Waals surface area contributed by atoms with E-state index in [2.05, 4.69) is 11.4 Å². The van der Waals surface area contributed by atoms with E-state index in [1.54, 1.807) is 24.3 Å². The van der Waals surface area contributed by atoms with Gasteiger partial charge < -0.3 is 10.4 Å². The molecule has 0 atom stereocenters. The number of hydrogen-bond acceptors (Lipinski definition) is 4. The fraction of sp³-hybridized carbons (Fsp3) is 0. The highest BCUT2D eigenvalue weighted by Crippen LogP contribution is 2.47. The third-order valence-electron chi connectivity index (χ3n) is 2.67. The summed E-state index contributed by atoms with van der Waals surface area (Å²) in [5.41, 5.74) is 2.04. The molecule has 2 aromatic rings. The molecule has 2 aromatic carbocycles. The zero-order valence-electron chi connectivity index (χ0n) is 9.07. The molecule has 2 N–H and O–H groups in total. The lowest BCUT2D eigenvalue weighted by atomic mass is 10.1. The van der Waals surface area contributed by atoms with Crippen molar-refractivity contribution in [3.63, 3.8) is 0 Å². The smallest absolute Gasteiger partial charge is 0.116 e. The van der Waals surface area contributed by atoms with Crippen molar-refractivity contribution in [2.24, 2.45) is 0 Å². The summed E-state index contributed by atoms with van der Waals surface area (Å²) in [5, 5.41) is 22.2. The Bertz CT molecular complexity index is 694. The van der Waals surface area contributed by atoms with Crippen molar-refractivity contribution < 1.29 is 5.11 Å². The molecule has 0 unspecified atom stereocenters. The molecule has 1 aliphatic heterocycles. The van der Waals surface area contributed by atoms with Crippen molar-refractivity contribution in [1.82, 2.24) is 0 Å². The third-order valence-corrected chi connectivity index (χ3v) is 4.11. The molecule has 0 aliphatic carbocycles. The summed E-state index contributed by atoms with van der Waals surface area (Å²) in [6.45, 7) is 0. The number of nitrogens with one attached hydrogen (secondary N) is 1. The number of fused-ring (bicyclic) bond motifs is 2. The molecule has 18 heavy (non-hydrogen) atoms. The van der Waals surface area contributed by atoms with Crippen LogP contribution in [0, 0.1) is 11.3 Å². The predicted molar refractivity (Wildman–Crippen MR) is 71.7 cm³/mol. The average Bonchev–Trinajstić information content (AvgIpc) is 2.36. The maximum absolute atomic E-state index is 9.47. The molecule has 88 valence electrons. The monoisotopic (exact) mass is 274 g/mol. The first-order valence-electron chi connectivity index (χ1n) is 5.19. The van der Waals surface area contributed by atoms with Crippen LogP contribution in [0.2, 0.25) is 5.02 Å². The topological polar surface area (TPSA) is 56.0 Å². The van der Waals surface area contributed by atoms with E-state index in [9.17, 15) is 5.11 Å². The second kappa shape index (κ2) is 4.13. The molecule has 1 aliphatic rings. The second-order valence-corrected chi connectivity index (χ2v) is 5.31. The van der Waals surface area contributed by atoms with Gasteiger partial charge in [0.05, 0.1) is 22.0 Å². The van der Waals surface area contributed by atoms with Gasteiger partial charge in [-0.2, -0.15) is 5.26 Å². The van der Waals surface area contributed by atoms with E-state index < -0.39 is 0 Å². The molecule has 0 saturated heterocycles. The first kappa shape index (κ1) is 11.3. The Kier molecular flexibility index (Phi) is 2.58. The molecule has 5 heteroatoms. The van der Waals surface area contributed by atoms with E-state index in [0.29, 0.717) is 10.6 Å². The van der Waals surface area contributed by atoms with Gasteiger partial charge in [0.1, 0.15) is 11.8 Å². The minimum atomic E-state index is 0.223. The van der Waals surface area contributed by atoms with Crippen LogP contribution in [0.4, 0.5) is 11.4 Å². The highest BCUT2D eigenvalue weighted by atomic mass is 35.5. The van der Waals surface area contributed by atoms with E-state index in [1.807, 2.05) is 6.07 Å². The molecule has 0 spiro atoms. The van der Waals surface area contributed by atoms with Gasteiger partial charge in [0.2, 0.25) is 0 Å². The summed E-state index contributed by atoms with van der Waals surface area (Å²) >= 11 is 7.50. The molecule has 1 heterocycles. The predicted octanol–water partition coefficient (Wildman–Crippen LogP) is 4.13. The van der Waals surface area contributed by atoms with Gasteiger partial charge in [0.25, 0.3) is 0 Å². The average molecular weight is 275 g/mol. The summed E-state index contributed by atoms with van der Waals surface area (Å²) in [6, 6.07) is 10.8. The maximum atomic E-state index is 9.47. The van der Waals surface area contributed by atoms with Gasteiger partial charge in [0.15, 0.2) is 0 Å². The summed E-state index contributed by atoms with van der Waals surface area (Å²) in [7, 11) is 0. The van der Waals surface area contributed by atoms with Crippen LogP contribution in [-0.4, -0.2) is 5.11 Å². The van der Waals surface area contributed by atoms with Crippen LogP contribution in [0.25, 0.3) is 0 Å². The van der Waals surface area contributed by atoms with Crippen molar-refractivity contribution in [2.75, 3.05) is 5.32 Å². The van der Waals surface area contributed by atoms with Crippen LogP contribution in [0.1, 0.15) is 5.56 Å². The number of phenols is 1. The first-order valence-corrected chi connectivity index (χ1v) is 6.39. The number of phenolic OH excluding ortho intramolecular Hbond substituents is 1. The second-order valence-electron chi connectivity index (χ2n) is 3.81. The number of nitriles is 1. The Morgan fingerprint density at radius 2 is 2.06 bits per heavy atom. The summed E-state index contributed by atoms with van der Waals surface area (Å²) in [6.07, 6.45) is 0. The van der Waals surface area contributed by atoms with E-state index in [4.69, 9.17) is 16.9 Å². The van der Waals surface area contributed by atoms with Gasteiger partial charge in [0, 0.05) is 9.79 Å². The minimum absolute atomic E-state index is 0.223. The SMILES string of the molecule is N#Cc1c(Cl)ccc2c1Nc1ccc(O)cc1S2. The lowest BCUT2D eigenvalue weighted by molar-refractivity contribution is 0.474. The highest BCUT2D eigenvalue weighted by Gasteiger charge is 2.20. The lowest BCUT2D eigenvalue weighted by Crippen LogP contribution is -2.02. The number of anilines is 2. The fourth-order valence-corrected chi connectivity index (χ4v) is 3.07. The van der Waals surface area contributed by atoms with E-state index in [0.717, 1.165) is 21.2 Å². The molecule has 0 radical (unpaired) electrons. The van der Waals surface area contributed by atoms with Crippen LogP contribution in [0.5, 0.6) is 5.75 Å². The van der Waals surface area contributed by atoms with Crippen LogP contribution >= 0.6 is 23.4 Å². The molecule has 0 bridgehead atoms. The van der Waals surface area contributed by atoms with Crippen molar-refractivity contribution in [1.29, 1.82) is 5.26 Å². The number of hydrogen-bond donors (Lipinski definition) is 2. The maximum Gasteiger partial charge on any atom is 0.116 e. The minimum Gasteiger partial charge on any atom is -0.508 e. The molecule has 0 amide bonds. The van der Waals surface area contributed by atoms with Crippen molar-refractivity contribution >= 4 is 34.7 Å². The standard InChI is InChI=1S/C13H7ClN2OS/c14-9-2-4-11-13(8(9)6-15)16-10-3-1-7(17)5-12(10)18-11/h1-5,16-17H. The zero-order valence-corrected chi connectivity index (χ0v) is 10.6. The molecular formula is C13H7ClN2OS. The largest absolute Gasteiger partial charge is 0.508 e. The van der Waals surface area contributed by atoms with Gasteiger partial charge in [-0.05, 0) is 30.3 Å². The van der Waals surface area contributed by atoms with Crippen LogP contribution in [0.15, 0.2) is 40.1 Å². The van der Waals surface area contributed by atoms with Crippen molar-refractivity contribution in [3.8, 4) is 11.8 Å². The Balaban J connectivity index is 2.17. The lowest BCUT2D eigenvalue weighted by Gasteiger charge is -2.22. The molecule has 0 saturated carbocycles. The summed E-state index contributed by atoms with van der Waals surface area (Å²) in [4.78, 5) is 1.85. The third kappa shape index (κ3) is 1.69. The van der Waals surface area contributed by atoms with Crippen molar-refractivity contribution in [3.05, 3.63) is 40.9 Å². The summed E-state index contributed by atoms with van der Waals surface area (Å²) < 4.78 is 0. The van der Waals surface area contributed by atoms with Gasteiger partial charge in [-0.3, -0.25) is 0 Å². The molecular weight excluding hydrogens is 268 g/mol. The van der Waals surface area contributed by atoms with Gasteiger partial charge in [-0.1, -0.05) is 23.4 Å². The summed E-state index contributed by atoms with van der Waals surface area (Å²) in [5.74, 6) is 0.223. The van der Waals surface area contributed by atoms with Crippen molar-refractivity contribution in [2.45, 2.75) is 9.79 Å². The first-order chi connectivity index (χ1) is 8.69. The number of benzene rings is 2. The van der Waals surface area contributed by atoms with Gasteiger partial charge in [-0.25, -0.2) is 0 Å². The Labute approximate surface area is 113 Å². The Hall–Kier alpha value is -1.83. The fourth-order valence-electron chi connectivity index (χ4n) is 1.83. The van der Waals surface area contributed by atoms with E-state index in [1.165, 1.54) is 11.8 Å². The number of halogens is 1. The zero-order chi connectivity index (χ0) is 12.7. The van der Waals surface area contributed by atoms with Crippen LogP contribution in [-0.2, 0) is 0 Å². The van der Waals surface area contributed by atoms with Gasteiger partial charge >= 0.3 is 0 Å². The normalized spacial score (nSPS) is 12.0. The van der Waals surface area contributed by atoms with Crippen LogP contribution in [0.3, 0.4) is 0 Å². The van der Waals surface area contributed by atoms with E-state index in [-0.39, 0.29) is 5.75 Å². The quantitative estimate of drug-likeness (QED) is 0.605. The van der Waals surface area contributed by atoms with Crippen LogP contribution < -0.4 is 5.32 Å². The number of rotatable bonds is 0. The number of nitrogens with zero attached hydrogens (tertiary/aromatic N) is 1. The molecule has 3 nitrogen and oxygen atoms in total. The number of aromatic hydroxyl groups is 1. The molecule has 3 rings (SSSR count).